The average Bonchev–Trinajstić information content (AvgIpc) is 3.24. The van der Waals surface area contributed by atoms with Crippen LogP contribution in [0.4, 0.5) is 5.69 Å². The lowest BCUT2D eigenvalue weighted by Gasteiger charge is -2.03. The average molecular weight is 296 g/mol. The highest BCUT2D eigenvalue weighted by Gasteiger charge is 2.28. The third-order valence-corrected chi connectivity index (χ3v) is 3.62. The van der Waals surface area contributed by atoms with Crippen LogP contribution < -0.4 is 10.9 Å². The van der Waals surface area contributed by atoms with Crippen molar-refractivity contribution in [1.82, 2.24) is 5.16 Å². The van der Waals surface area contributed by atoms with Gasteiger partial charge in [-0.05, 0) is 37.1 Å². The fourth-order valence-electron chi connectivity index (χ4n) is 2.30. The van der Waals surface area contributed by atoms with E-state index < -0.39 is 5.63 Å². The van der Waals surface area contributed by atoms with Gasteiger partial charge in [-0.3, -0.25) is 4.79 Å². The standard InChI is InChI=1S/C16H12N2O4/c19-15-6-3-10-7-11(4-5-13(10)21-15)17-16(20)12-8-14(22-18-12)9-1-2-9/h3-9H,1-2H2,(H,17,20). The molecular weight excluding hydrogens is 284 g/mol. The van der Waals surface area contributed by atoms with Crippen LogP contribution in [0.15, 0.2) is 50.1 Å². The normalized spacial score (nSPS) is 14.2. The van der Waals surface area contributed by atoms with Crippen molar-refractivity contribution in [2.75, 3.05) is 5.32 Å². The second-order valence-corrected chi connectivity index (χ2v) is 5.35. The molecule has 1 amide bonds. The second kappa shape index (κ2) is 4.84. The number of hydrogen-bond donors (Lipinski definition) is 1. The number of hydrogen-bond acceptors (Lipinski definition) is 5. The molecule has 3 aromatic rings. The number of nitrogens with zero attached hydrogens (tertiary/aromatic N) is 1. The molecule has 0 spiro atoms. The summed E-state index contributed by atoms with van der Waals surface area (Å²) in [6.45, 7) is 0. The fourth-order valence-corrected chi connectivity index (χ4v) is 2.30. The summed E-state index contributed by atoms with van der Waals surface area (Å²) in [7, 11) is 0. The zero-order valence-electron chi connectivity index (χ0n) is 11.5. The van der Waals surface area contributed by atoms with E-state index in [0.717, 1.165) is 24.0 Å². The molecule has 0 bridgehead atoms. The zero-order valence-corrected chi connectivity index (χ0v) is 11.5. The SMILES string of the molecule is O=C(Nc1ccc2oc(=O)ccc2c1)c1cc(C2CC2)on1. The lowest BCUT2D eigenvalue weighted by Crippen LogP contribution is -2.12. The smallest absolute Gasteiger partial charge is 0.336 e. The van der Waals surface area contributed by atoms with Gasteiger partial charge < -0.3 is 14.3 Å². The maximum atomic E-state index is 12.2. The molecule has 6 heteroatoms. The first kappa shape index (κ1) is 12.8. The molecule has 0 radical (unpaired) electrons. The molecule has 4 rings (SSSR count). The van der Waals surface area contributed by atoms with Crippen LogP contribution in [0, 0.1) is 0 Å². The van der Waals surface area contributed by atoms with Crippen molar-refractivity contribution in [3.63, 3.8) is 0 Å². The van der Waals surface area contributed by atoms with Gasteiger partial charge in [0.2, 0.25) is 0 Å². The Bertz CT molecular complexity index is 921. The maximum absolute atomic E-state index is 12.2. The molecule has 1 N–H and O–H groups in total. The minimum Gasteiger partial charge on any atom is -0.423 e. The number of carbonyl (C=O) groups is 1. The Morgan fingerprint density at radius 1 is 1.18 bits per heavy atom. The summed E-state index contributed by atoms with van der Waals surface area (Å²) in [4.78, 5) is 23.3. The Kier molecular flexibility index (Phi) is 2.82. The first-order valence-electron chi connectivity index (χ1n) is 7.01. The monoisotopic (exact) mass is 296 g/mol. The van der Waals surface area contributed by atoms with Crippen molar-refractivity contribution in [1.29, 1.82) is 0 Å². The van der Waals surface area contributed by atoms with Gasteiger partial charge in [0, 0.05) is 29.1 Å². The van der Waals surface area contributed by atoms with Gasteiger partial charge in [-0.2, -0.15) is 0 Å². The Morgan fingerprint density at radius 2 is 2.05 bits per heavy atom. The first-order chi connectivity index (χ1) is 10.7. The quantitative estimate of drug-likeness (QED) is 0.751. The Labute approximate surface area is 124 Å². The van der Waals surface area contributed by atoms with Crippen molar-refractivity contribution in [3.05, 3.63) is 58.3 Å². The summed E-state index contributed by atoms with van der Waals surface area (Å²) in [5, 5.41) is 7.29. The molecule has 2 aromatic heterocycles. The van der Waals surface area contributed by atoms with Crippen LogP contribution in [-0.4, -0.2) is 11.1 Å². The number of aromatic nitrogens is 1. The van der Waals surface area contributed by atoms with Crippen LogP contribution in [0.2, 0.25) is 0 Å². The van der Waals surface area contributed by atoms with Crippen molar-refractivity contribution in [2.45, 2.75) is 18.8 Å². The maximum Gasteiger partial charge on any atom is 0.336 e. The molecule has 1 aliphatic rings. The Balaban J connectivity index is 1.57. The summed E-state index contributed by atoms with van der Waals surface area (Å²) in [5.74, 6) is 0.857. The van der Waals surface area contributed by atoms with Crippen LogP contribution in [0.25, 0.3) is 11.0 Å². The molecule has 1 fully saturated rings. The van der Waals surface area contributed by atoms with Gasteiger partial charge in [0.1, 0.15) is 11.3 Å². The second-order valence-electron chi connectivity index (χ2n) is 5.35. The van der Waals surface area contributed by atoms with Crippen molar-refractivity contribution >= 4 is 22.6 Å². The number of fused-ring (bicyclic) bond motifs is 1. The number of benzene rings is 1. The van der Waals surface area contributed by atoms with Gasteiger partial charge in [-0.15, -0.1) is 0 Å². The summed E-state index contributed by atoms with van der Waals surface area (Å²) in [5.41, 5.74) is 0.936. The highest BCUT2D eigenvalue weighted by molar-refractivity contribution is 6.03. The number of rotatable bonds is 3. The Hall–Kier alpha value is -2.89. The van der Waals surface area contributed by atoms with Crippen molar-refractivity contribution in [2.24, 2.45) is 0 Å². The number of amides is 1. The van der Waals surface area contributed by atoms with E-state index in [-0.39, 0.29) is 11.6 Å². The van der Waals surface area contributed by atoms with Crippen LogP contribution in [0.3, 0.4) is 0 Å². The van der Waals surface area contributed by atoms with Crippen molar-refractivity contribution in [3.8, 4) is 0 Å². The van der Waals surface area contributed by atoms with E-state index in [1.54, 1.807) is 30.3 Å². The van der Waals surface area contributed by atoms with Gasteiger partial charge in [0.15, 0.2) is 5.69 Å². The predicted molar refractivity (Wildman–Crippen MR) is 78.9 cm³/mol. The van der Waals surface area contributed by atoms with E-state index in [1.165, 1.54) is 6.07 Å². The minimum atomic E-state index is -0.403. The van der Waals surface area contributed by atoms with Gasteiger partial charge in [-0.1, -0.05) is 5.16 Å². The van der Waals surface area contributed by atoms with Gasteiger partial charge in [0.05, 0.1) is 0 Å². The summed E-state index contributed by atoms with van der Waals surface area (Å²) in [6.07, 6.45) is 2.18. The number of carbonyl (C=O) groups excluding carboxylic acids is 1. The lowest BCUT2D eigenvalue weighted by atomic mass is 10.2. The van der Waals surface area contributed by atoms with Gasteiger partial charge >= 0.3 is 5.63 Å². The lowest BCUT2D eigenvalue weighted by molar-refractivity contribution is 0.101. The van der Waals surface area contributed by atoms with E-state index in [9.17, 15) is 9.59 Å². The molecule has 1 aliphatic carbocycles. The molecule has 22 heavy (non-hydrogen) atoms. The molecular formula is C16H12N2O4. The van der Waals surface area contributed by atoms with E-state index in [2.05, 4.69) is 10.5 Å². The summed E-state index contributed by atoms with van der Waals surface area (Å²) >= 11 is 0. The Morgan fingerprint density at radius 3 is 2.86 bits per heavy atom. The molecule has 6 nitrogen and oxygen atoms in total. The van der Waals surface area contributed by atoms with E-state index in [1.807, 2.05) is 0 Å². The molecule has 0 unspecified atom stereocenters. The topological polar surface area (TPSA) is 85.3 Å². The molecule has 2 heterocycles. The van der Waals surface area contributed by atoms with E-state index in [0.29, 0.717) is 17.2 Å². The van der Waals surface area contributed by atoms with E-state index in [4.69, 9.17) is 8.94 Å². The summed E-state index contributed by atoms with van der Waals surface area (Å²) < 4.78 is 10.2. The third-order valence-electron chi connectivity index (χ3n) is 3.62. The molecule has 0 aliphatic heterocycles. The highest BCUT2D eigenvalue weighted by Crippen LogP contribution is 2.40. The molecule has 0 saturated heterocycles. The summed E-state index contributed by atoms with van der Waals surface area (Å²) in [6, 6.07) is 9.73. The van der Waals surface area contributed by atoms with Gasteiger partial charge in [0.25, 0.3) is 5.91 Å². The molecule has 110 valence electrons. The molecule has 1 saturated carbocycles. The minimum absolute atomic E-state index is 0.265. The number of anilines is 1. The fraction of sp³-hybridized carbons (Fsp3) is 0.188. The first-order valence-corrected chi connectivity index (χ1v) is 7.01. The van der Waals surface area contributed by atoms with Crippen LogP contribution in [-0.2, 0) is 0 Å². The highest BCUT2D eigenvalue weighted by atomic mass is 16.5. The molecule has 1 aromatic carbocycles. The zero-order chi connectivity index (χ0) is 15.1. The van der Waals surface area contributed by atoms with Crippen molar-refractivity contribution < 1.29 is 13.7 Å². The largest absolute Gasteiger partial charge is 0.423 e. The number of nitrogens with one attached hydrogen (secondary N) is 1. The van der Waals surface area contributed by atoms with Crippen LogP contribution in [0.1, 0.15) is 35.0 Å². The van der Waals surface area contributed by atoms with E-state index >= 15 is 0 Å². The van der Waals surface area contributed by atoms with Gasteiger partial charge in [-0.25, -0.2) is 4.79 Å². The van der Waals surface area contributed by atoms with Crippen LogP contribution in [0.5, 0.6) is 0 Å². The predicted octanol–water partition coefficient (Wildman–Crippen LogP) is 2.91. The third kappa shape index (κ3) is 2.39. The van der Waals surface area contributed by atoms with Crippen LogP contribution >= 0.6 is 0 Å². The molecule has 0 atom stereocenters.